The molecule has 1 aromatic rings. The number of carboxylic acid groups (broad SMARTS) is 1. The van der Waals surface area contributed by atoms with Gasteiger partial charge in [0, 0.05) is 12.2 Å². The molecule has 1 fully saturated rings. The number of alkyl halides is 3. The van der Waals surface area contributed by atoms with E-state index in [-0.39, 0.29) is 17.8 Å². The van der Waals surface area contributed by atoms with E-state index in [1.54, 1.807) is 0 Å². The van der Waals surface area contributed by atoms with Gasteiger partial charge in [-0.05, 0) is 37.8 Å². The summed E-state index contributed by atoms with van der Waals surface area (Å²) in [5.41, 5.74) is -0.791. The van der Waals surface area contributed by atoms with Crippen molar-refractivity contribution in [2.45, 2.75) is 37.9 Å². The first-order chi connectivity index (χ1) is 9.38. The Balaban J connectivity index is 2.03. The zero-order chi connectivity index (χ0) is 14.8. The molecule has 0 aromatic carbocycles. The van der Waals surface area contributed by atoms with E-state index in [0.717, 1.165) is 6.07 Å². The van der Waals surface area contributed by atoms with Crippen LogP contribution in [0.1, 0.15) is 31.2 Å². The average molecular weight is 288 g/mol. The Morgan fingerprint density at radius 1 is 1.30 bits per heavy atom. The maximum absolute atomic E-state index is 12.8. The van der Waals surface area contributed by atoms with Crippen molar-refractivity contribution in [1.29, 1.82) is 0 Å². The number of pyridine rings is 1. The van der Waals surface area contributed by atoms with Crippen molar-refractivity contribution in [2.75, 3.05) is 5.32 Å². The van der Waals surface area contributed by atoms with Crippen molar-refractivity contribution in [2.24, 2.45) is 5.92 Å². The number of carboxylic acids is 1. The van der Waals surface area contributed by atoms with E-state index in [1.807, 2.05) is 0 Å². The quantitative estimate of drug-likeness (QED) is 0.897. The highest BCUT2D eigenvalue weighted by molar-refractivity contribution is 5.70. The molecule has 20 heavy (non-hydrogen) atoms. The van der Waals surface area contributed by atoms with Crippen LogP contribution in [0.2, 0.25) is 0 Å². The topological polar surface area (TPSA) is 62.2 Å². The molecule has 0 radical (unpaired) electrons. The number of nitrogens with zero attached hydrogens (tertiary/aromatic N) is 1. The minimum atomic E-state index is -4.45. The molecule has 110 valence electrons. The molecule has 0 atom stereocenters. The zero-order valence-corrected chi connectivity index (χ0v) is 10.7. The van der Waals surface area contributed by atoms with Crippen LogP contribution in [0.3, 0.4) is 0 Å². The van der Waals surface area contributed by atoms with E-state index in [2.05, 4.69) is 10.3 Å². The van der Waals surface area contributed by atoms with Crippen LogP contribution < -0.4 is 5.32 Å². The maximum Gasteiger partial charge on any atom is 0.419 e. The molecule has 1 aliphatic carbocycles. The number of hydrogen-bond donors (Lipinski definition) is 2. The van der Waals surface area contributed by atoms with Crippen LogP contribution in [-0.2, 0) is 11.0 Å². The SMILES string of the molecule is O=C(O)C1CCC(Nc2ncccc2C(F)(F)F)CC1. The van der Waals surface area contributed by atoms with Gasteiger partial charge >= 0.3 is 12.1 Å². The molecule has 0 saturated heterocycles. The standard InChI is InChI=1S/C13H15F3N2O2/c14-13(15,16)10-2-1-7-17-11(10)18-9-5-3-8(4-6-9)12(19)20/h1-2,7-9H,3-6H2,(H,17,18)(H,19,20). The number of nitrogens with one attached hydrogen (secondary N) is 1. The molecule has 2 N–H and O–H groups in total. The normalized spacial score (nSPS) is 23.4. The lowest BCUT2D eigenvalue weighted by atomic mass is 9.86. The summed E-state index contributed by atoms with van der Waals surface area (Å²) in [6.07, 6.45) is -1.13. The van der Waals surface area contributed by atoms with Crippen molar-refractivity contribution in [3.63, 3.8) is 0 Å². The zero-order valence-electron chi connectivity index (χ0n) is 10.7. The van der Waals surface area contributed by atoms with E-state index < -0.39 is 17.7 Å². The van der Waals surface area contributed by atoms with Crippen molar-refractivity contribution in [3.8, 4) is 0 Å². The van der Waals surface area contributed by atoms with Crippen molar-refractivity contribution in [3.05, 3.63) is 23.9 Å². The molecular weight excluding hydrogens is 273 g/mol. The molecule has 2 rings (SSSR count). The van der Waals surface area contributed by atoms with Gasteiger partial charge in [0.15, 0.2) is 0 Å². The van der Waals surface area contributed by atoms with Gasteiger partial charge < -0.3 is 10.4 Å². The second kappa shape index (κ2) is 5.68. The fourth-order valence-corrected chi connectivity index (χ4v) is 2.43. The first-order valence-corrected chi connectivity index (χ1v) is 6.39. The van der Waals surface area contributed by atoms with Gasteiger partial charge in [-0.2, -0.15) is 13.2 Å². The van der Waals surface area contributed by atoms with Crippen LogP contribution in [0, 0.1) is 5.92 Å². The van der Waals surface area contributed by atoms with Gasteiger partial charge in [0.1, 0.15) is 5.82 Å². The number of anilines is 1. The Morgan fingerprint density at radius 2 is 1.95 bits per heavy atom. The van der Waals surface area contributed by atoms with E-state index in [4.69, 9.17) is 5.11 Å². The predicted octanol–water partition coefficient (Wildman–Crippen LogP) is 3.16. The fraction of sp³-hybridized carbons (Fsp3) is 0.538. The molecule has 0 aliphatic heterocycles. The van der Waals surface area contributed by atoms with E-state index in [1.165, 1.54) is 12.3 Å². The summed E-state index contributed by atoms with van der Waals surface area (Å²) in [6, 6.07) is 2.06. The number of halogens is 3. The summed E-state index contributed by atoms with van der Waals surface area (Å²) in [5, 5.41) is 11.7. The van der Waals surface area contributed by atoms with Gasteiger partial charge in [0.2, 0.25) is 0 Å². The average Bonchev–Trinajstić information content (AvgIpc) is 2.38. The lowest BCUT2D eigenvalue weighted by Crippen LogP contribution is -2.30. The van der Waals surface area contributed by atoms with Crippen LogP contribution in [0.4, 0.5) is 19.0 Å². The highest BCUT2D eigenvalue weighted by atomic mass is 19.4. The van der Waals surface area contributed by atoms with Gasteiger partial charge in [0.25, 0.3) is 0 Å². The number of hydrogen-bond acceptors (Lipinski definition) is 3. The van der Waals surface area contributed by atoms with E-state index in [9.17, 15) is 18.0 Å². The third-order valence-corrected chi connectivity index (χ3v) is 3.53. The molecule has 1 saturated carbocycles. The lowest BCUT2D eigenvalue weighted by Gasteiger charge is -2.28. The number of aliphatic carboxylic acids is 1. The Morgan fingerprint density at radius 3 is 2.50 bits per heavy atom. The first kappa shape index (κ1) is 14.6. The largest absolute Gasteiger partial charge is 0.481 e. The maximum atomic E-state index is 12.8. The van der Waals surface area contributed by atoms with Crippen LogP contribution in [0.25, 0.3) is 0 Å². The fourth-order valence-electron chi connectivity index (χ4n) is 2.43. The van der Waals surface area contributed by atoms with Gasteiger partial charge in [0.05, 0.1) is 11.5 Å². The Hall–Kier alpha value is -1.79. The summed E-state index contributed by atoms with van der Waals surface area (Å²) >= 11 is 0. The molecule has 4 nitrogen and oxygen atoms in total. The van der Waals surface area contributed by atoms with Crippen LogP contribution in [0.15, 0.2) is 18.3 Å². The van der Waals surface area contributed by atoms with Crippen molar-refractivity contribution < 1.29 is 23.1 Å². The van der Waals surface area contributed by atoms with Crippen LogP contribution >= 0.6 is 0 Å². The molecule has 0 unspecified atom stereocenters. The number of aromatic nitrogens is 1. The summed E-state index contributed by atoms with van der Waals surface area (Å²) in [4.78, 5) is 14.6. The molecule has 1 heterocycles. The minimum Gasteiger partial charge on any atom is -0.481 e. The third-order valence-electron chi connectivity index (χ3n) is 3.53. The molecule has 7 heteroatoms. The van der Waals surface area contributed by atoms with Gasteiger partial charge in [-0.25, -0.2) is 4.98 Å². The predicted molar refractivity (Wildman–Crippen MR) is 66.2 cm³/mol. The Labute approximate surface area is 114 Å². The second-order valence-corrected chi connectivity index (χ2v) is 4.93. The Bertz CT molecular complexity index is 483. The highest BCUT2D eigenvalue weighted by Gasteiger charge is 2.35. The third kappa shape index (κ3) is 3.40. The minimum absolute atomic E-state index is 0.165. The number of carbonyl (C=O) groups is 1. The number of rotatable bonds is 3. The highest BCUT2D eigenvalue weighted by Crippen LogP contribution is 2.35. The second-order valence-electron chi connectivity index (χ2n) is 4.93. The molecule has 0 amide bonds. The molecule has 1 aliphatic rings. The summed E-state index contributed by atoms with van der Waals surface area (Å²) in [5.74, 6) is -1.41. The Kier molecular flexibility index (Phi) is 4.15. The van der Waals surface area contributed by atoms with E-state index in [0.29, 0.717) is 25.7 Å². The van der Waals surface area contributed by atoms with Gasteiger partial charge in [-0.15, -0.1) is 0 Å². The van der Waals surface area contributed by atoms with E-state index >= 15 is 0 Å². The molecular formula is C13H15F3N2O2. The van der Waals surface area contributed by atoms with Gasteiger partial charge in [-0.1, -0.05) is 0 Å². The van der Waals surface area contributed by atoms with Crippen LogP contribution in [0.5, 0.6) is 0 Å². The summed E-state index contributed by atoms with van der Waals surface area (Å²) < 4.78 is 38.4. The summed E-state index contributed by atoms with van der Waals surface area (Å²) in [6.45, 7) is 0. The van der Waals surface area contributed by atoms with Crippen molar-refractivity contribution >= 4 is 11.8 Å². The first-order valence-electron chi connectivity index (χ1n) is 6.39. The van der Waals surface area contributed by atoms with Gasteiger partial charge in [-0.3, -0.25) is 4.79 Å². The molecule has 0 spiro atoms. The summed E-state index contributed by atoms with van der Waals surface area (Å²) in [7, 11) is 0. The molecule has 1 aromatic heterocycles. The smallest absolute Gasteiger partial charge is 0.419 e. The van der Waals surface area contributed by atoms with Crippen molar-refractivity contribution in [1.82, 2.24) is 4.98 Å². The lowest BCUT2D eigenvalue weighted by molar-refractivity contribution is -0.142. The van der Waals surface area contributed by atoms with Crippen LogP contribution in [-0.4, -0.2) is 22.1 Å². The molecule has 0 bridgehead atoms. The monoisotopic (exact) mass is 288 g/mol.